The van der Waals surface area contributed by atoms with Crippen molar-refractivity contribution in [1.29, 1.82) is 0 Å². The van der Waals surface area contributed by atoms with Gasteiger partial charge in [-0.1, -0.05) is 291 Å². The molecule has 2 fully saturated rings. The third kappa shape index (κ3) is 98.5. The maximum atomic E-state index is 10.8. The first-order valence-electron chi connectivity index (χ1n) is 56.4. The van der Waals surface area contributed by atoms with Gasteiger partial charge in [-0.15, -0.1) is 0 Å². The van der Waals surface area contributed by atoms with Gasteiger partial charge in [-0.2, -0.15) is 0 Å². The SMILES string of the molecule is CC(=O)CCCCC(C)(C)C.CC(=O)CCOCCOCCC(C)(C)C.CC(=O)COC1CC2(C1)CC(OC(C)(C)C)C2.CC(=O)COCCCCCCC(C)(C)C.CC(=O)COCCOCCCC(C)(C)C.CC(=O)COCCOc1ccc(-c2ccc(C(C)(C)C)cc2)cc1.CC(=O)COCCOc1ccc(-c2ccc(C(C)(C)C)cc2)cc1.CCCOCCCCCC(C)(C)C.CCCO[C@@H](C)[C@H](C)OCCC(C)(C)C.N. The molecule has 0 aromatic heterocycles. The largest absolute Gasteiger partial charge is 0.491 e. The van der Waals surface area contributed by atoms with Crippen LogP contribution in [0.5, 0.6) is 11.5 Å². The number of ketones is 7. The van der Waals surface area contributed by atoms with E-state index in [1.54, 1.807) is 27.7 Å². The van der Waals surface area contributed by atoms with Gasteiger partial charge in [0.1, 0.15) is 69.3 Å². The van der Waals surface area contributed by atoms with Crippen molar-refractivity contribution in [3.63, 3.8) is 0 Å². The first-order valence-corrected chi connectivity index (χ1v) is 56.4. The zero-order valence-corrected chi connectivity index (χ0v) is 103. The Kier molecular flexibility index (Phi) is 83.0. The van der Waals surface area contributed by atoms with Crippen LogP contribution >= 0.6 is 0 Å². The first kappa shape index (κ1) is 150. The number of benzene rings is 4. The summed E-state index contributed by atoms with van der Waals surface area (Å²) in [7, 11) is 0. The maximum absolute atomic E-state index is 10.8. The predicted molar refractivity (Wildman–Crippen MR) is 625 cm³/mol. The fraction of sp³-hybridized carbons (Fsp3) is 0.758. The highest BCUT2D eigenvalue weighted by molar-refractivity contribution is 5.78. The number of rotatable bonds is 60. The molecule has 2 aliphatic carbocycles. The zero-order valence-electron chi connectivity index (χ0n) is 103. The third-order valence-electron chi connectivity index (χ3n) is 23.5. The molecule has 0 amide bonds. The van der Waals surface area contributed by atoms with E-state index in [0.29, 0.717) is 122 Å². The lowest BCUT2D eigenvalue weighted by Gasteiger charge is -2.57. The molecule has 0 aliphatic heterocycles. The molecule has 0 heterocycles. The summed E-state index contributed by atoms with van der Waals surface area (Å²) in [6.07, 6.45) is 28.5. The van der Waals surface area contributed by atoms with Crippen molar-refractivity contribution in [2.24, 2.45) is 37.9 Å². The Morgan fingerprint density at radius 1 is 0.273 bits per heavy atom. The predicted octanol–water partition coefficient (Wildman–Crippen LogP) is 31.5. The highest BCUT2D eigenvalue weighted by Crippen LogP contribution is 2.58. The maximum Gasteiger partial charge on any atom is 0.155 e. The fourth-order valence-corrected chi connectivity index (χ4v) is 14.7. The molecule has 2 saturated carbocycles. The number of ether oxygens (including phenoxy) is 14. The Labute approximate surface area is 917 Å². The summed E-state index contributed by atoms with van der Waals surface area (Å²) >= 11 is 0. The number of carbonyl (C=O) groups is 7. The van der Waals surface area contributed by atoms with E-state index in [1.165, 1.54) is 126 Å². The summed E-state index contributed by atoms with van der Waals surface area (Å²) < 4.78 is 76.1. The van der Waals surface area contributed by atoms with E-state index in [1.807, 2.05) is 24.3 Å². The highest BCUT2D eigenvalue weighted by atomic mass is 16.6. The molecule has 2 atom stereocenters. The molecular weight excluding hydrogens is 1890 g/mol. The summed E-state index contributed by atoms with van der Waals surface area (Å²) in [4.78, 5) is 74.5. The smallest absolute Gasteiger partial charge is 0.155 e. The number of Topliss-reactive ketones (excluding diaryl/α,β-unsaturated/α-hetero) is 7. The Hall–Kier alpha value is -6.35. The van der Waals surface area contributed by atoms with Gasteiger partial charge in [0.05, 0.1) is 76.3 Å². The molecule has 150 heavy (non-hydrogen) atoms. The van der Waals surface area contributed by atoms with E-state index in [9.17, 15) is 33.6 Å². The molecule has 4 aromatic rings. The van der Waals surface area contributed by atoms with Gasteiger partial charge in [0.2, 0.25) is 0 Å². The van der Waals surface area contributed by atoms with E-state index in [4.69, 9.17) is 66.3 Å². The van der Waals surface area contributed by atoms with Gasteiger partial charge >= 0.3 is 0 Å². The quantitative estimate of drug-likeness (QED) is 0.0402. The van der Waals surface area contributed by atoms with Gasteiger partial charge in [-0.05, 0) is 292 Å². The summed E-state index contributed by atoms with van der Waals surface area (Å²) in [6.45, 7) is 90.8. The summed E-state index contributed by atoms with van der Waals surface area (Å²) in [6, 6.07) is 33.4. The Morgan fingerprint density at radius 3 is 0.900 bits per heavy atom. The van der Waals surface area contributed by atoms with Crippen LogP contribution in [0.15, 0.2) is 97.1 Å². The molecule has 0 bridgehead atoms. The molecule has 0 unspecified atom stereocenters. The van der Waals surface area contributed by atoms with Crippen LogP contribution in [0.4, 0.5) is 0 Å². The van der Waals surface area contributed by atoms with Gasteiger partial charge in [-0.25, -0.2) is 0 Å². The van der Waals surface area contributed by atoms with E-state index >= 15 is 0 Å². The van der Waals surface area contributed by atoms with Crippen LogP contribution in [0.1, 0.15) is 428 Å². The van der Waals surface area contributed by atoms with Crippen molar-refractivity contribution in [3.8, 4) is 33.8 Å². The van der Waals surface area contributed by atoms with Crippen molar-refractivity contribution in [1.82, 2.24) is 6.15 Å². The van der Waals surface area contributed by atoms with Crippen LogP contribution in [0, 0.1) is 37.9 Å². The molecule has 3 N–H and O–H groups in total. The second-order valence-electron chi connectivity index (χ2n) is 51.1. The lowest BCUT2D eigenvalue weighted by Crippen LogP contribution is -2.55. The van der Waals surface area contributed by atoms with Crippen molar-refractivity contribution in [2.75, 3.05) is 139 Å². The van der Waals surface area contributed by atoms with E-state index in [2.05, 4.69) is 287 Å². The van der Waals surface area contributed by atoms with Crippen LogP contribution in [0.2, 0.25) is 0 Å². The van der Waals surface area contributed by atoms with Crippen LogP contribution in [-0.2, 0) is 101 Å². The molecular formula is C128H227NO21. The topological polar surface area (TPSA) is 284 Å². The van der Waals surface area contributed by atoms with Crippen molar-refractivity contribution in [2.45, 2.75) is 458 Å². The molecule has 1 spiro atoms. The van der Waals surface area contributed by atoms with E-state index in [-0.39, 0.29) is 103 Å². The van der Waals surface area contributed by atoms with E-state index in [0.717, 1.165) is 133 Å². The molecule has 4 aromatic carbocycles. The minimum Gasteiger partial charge on any atom is -0.491 e. The zero-order chi connectivity index (χ0) is 114. The summed E-state index contributed by atoms with van der Waals surface area (Å²) in [5, 5.41) is 0. The minimum absolute atomic E-state index is 0. The summed E-state index contributed by atoms with van der Waals surface area (Å²) in [5.74, 6) is 2.43. The lowest BCUT2D eigenvalue weighted by molar-refractivity contribution is -0.201. The number of carbonyl (C=O) groups excluding carboxylic acids is 7. The van der Waals surface area contributed by atoms with Gasteiger partial charge in [-0.3, -0.25) is 28.8 Å². The molecule has 870 valence electrons. The van der Waals surface area contributed by atoms with Crippen molar-refractivity contribution < 1.29 is 99.9 Å². The number of unbranched alkanes of at least 4 members (excludes halogenated alkanes) is 6. The van der Waals surface area contributed by atoms with Crippen molar-refractivity contribution in [3.05, 3.63) is 108 Å². The molecule has 0 saturated heterocycles. The van der Waals surface area contributed by atoms with Gasteiger partial charge in [0, 0.05) is 59.1 Å². The fourth-order valence-electron chi connectivity index (χ4n) is 14.7. The van der Waals surface area contributed by atoms with Crippen LogP contribution in [0.3, 0.4) is 0 Å². The monoisotopic (exact) mass is 2110 g/mol. The second-order valence-corrected chi connectivity index (χ2v) is 51.1. The van der Waals surface area contributed by atoms with Crippen LogP contribution in [0.25, 0.3) is 22.3 Å². The molecule has 2 aliphatic rings. The minimum atomic E-state index is -0.0272. The average Bonchev–Trinajstić information content (AvgIpc) is 0.739. The van der Waals surface area contributed by atoms with Crippen molar-refractivity contribution >= 4 is 40.5 Å². The average molecular weight is 2120 g/mol. The Bertz CT molecular complexity index is 3790. The normalized spacial score (nSPS) is 14.8. The summed E-state index contributed by atoms with van der Waals surface area (Å²) in [5.41, 5.74) is 10.6. The number of hydrogen-bond acceptors (Lipinski definition) is 22. The molecule has 0 radical (unpaired) electrons. The Morgan fingerprint density at radius 2 is 0.553 bits per heavy atom. The van der Waals surface area contributed by atoms with Crippen LogP contribution < -0.4 is 15.6 Å². The van der Waals surface area contributed by atoms with Gasteiger partial charge in [0.25, 0.3) is 0 Å². The Balaban J connectivity index is -0.000000808. The third-order valence-corrected chi connectivity index (χ3v) is 23.5. The van der Waals surface area contributed by atoms with E-state index < -0.39 is 0 Å². The van der Waals surface area contributed by atoms with Gasteiger partial charge < -0.3 is 77.3 Å². The standard InChI is InChI=1S/2C21H26O3.C14H24O3.C13H28O2.C13H26O2.2C12H24O3.C12H26O.C10H20O.H3N/c2*1-16(22)15-23-13-14-24-20-11-7-18(8-12-20)17-5-9-19(10-6-17)21(2,3)4;1-10(15)9-16-11-5-14(6-11)7-12(8-14)17-13(2,3)4;1-7-9-14-11(2)12(3)15-10-8-13(4,5)6;1-12(14)11-15-10-8-6-5-7-9-13(2,3)4;1-11(13)5-7-14-9-10-15-8-6-12(2,3)4;1-11(13)10-15-9-8-14-7-5-6-12(2,3)4;1-5-10-13-11-8-6-7-9-12(2,3)4;1-9(11)7-5-6-8-10(2,3)4;/h2*5-12H,13-15H2,1-4H3;11-12H,5-9H2,1-4H3;11-12H,7-10H2,1-6H3;5-11H2,1-4H3;2*5-10H2,1-4H3;5-11H2,1-4H3;5-8H2,1-4H3;1H3/t;;;11-,12-;;;;;;/m...0....../s1. The highest BCUT2D eigenvalue weighted by Gasteiger charge is 2.54. The second kappa shape index (κ2) is 83.0. The van der Waals surface area contributed by atoms with Gasteiger partial charge in [0.15, 0.2) is 28.9 Å². The van der Waals surface area contributed by atoms with Crippen LogP contribution in [-0.4, -0.2) is 209 Å². The molecule has 22 heteroatoms. The lowest BCUT2D eigenvalue weighted by atomic mass is 9.53. The first-order chi connectivity index (χ1) is 69.1. The number of hydrogen-bond donors (Lipinski definition) is 1. The molecule has 22 nitrogen and oxygen atoms in total. The molecule has 6 rings (SSSR count).